The van der Waals surface area contributed by atoms with Gasteiger partial charge in [-0.05, 0) is 13.2 Å². The maximum atomic E-state index is 8.78. The second-order valence-corrected chi connectivity index (χ2v) is 2.98. The van der Waals surface area contributed by atoms with E-state index in [0.717, 1.165) is 13.0 Å². The van der Waals surface area contributed by atoms with Crippen LogP contribution in [0.1, 0.15) is 6.42 Å². The van der Waals surface area contributed by atoms with E-state index in [4.69, 9.17) is 5.11 Å². The molecule has 3 heteroatoms. The van der Waals surface area contributed by atoms with Gasteiger partial charge in [0.25, 0.3) is 0 Å². The lowest BCUT2D eigenvalue weighted by molar-refractivity contribution is 0.0885. The predicted molar refractivity (Wildman–Crippen MR) is 45.0 cm³/mol. The van der Waals surface area contributed by atoms with Crippen molar-refractivity contribution in [2.75, 3.05) is 27.2 Å². The van der Waals surface area contributed by atoms with Gasteiger partial charge in [0.1, 0.15) is 0 Å². The molecule has 0 aromatic heterocycles. The molecule has 1 rings (SSSR count). The zero-order valence-electron chi connectivity index (χ0n) is 7.20. The summed E-state index contributed by atoms with van der Waals surface area (Å²) in [6.07, 6.45) is 5.37. The number of hydrogen-bond acceptors (Lipinski definition) is 3. The molecule has 1 aliphatic rings. The summed E-state index contributed by atoms with van der Waals surface area (Å²) < 4.78 is 0. The smallest absolute Gasteiger partial charge is 0.0834 e. The van der Waals surface area contributed by atoms with Crippen molar-refractivity contribution in [1.82, 2.24) is 9.80 Å². The van der Waals surface area contributed by atoms with Crippen LogP contribution in [0.2, 0.25) is 0 Å². The first-order valence-corrected chi connectivity index (χ1v) is 3.95. The maximum absolute atomic E-state index is 8.78. The van der Waals surface area contributed by atoms with Crippen molar-refractivity contribution in [3.63, 3.8) is 0 Å². The fourth-order valence-electron chi connectivity index (χ4n) is 1.45. The molecule has 0 saturated heterocycles. The van der Waals surface area contributed by atoms with Crippen molar-refractivity contribution in [2.45, 2.75) is 12.6 Å². The van der Waals surface area contributed by atoms with Crippen LogP contribution in [0.5, 0.6) is 0 Å². The van der Waals surface area contributed by atoms with Gasteiger partial charge in [0.05, 0.1) is 6.17 Å². The van der Waals surface area contributed by atoms with Crippen molar-refractivity contribution in [1.29, 1.82) is 0 Å². The van der Waals surface area contributed by atoms with Gasteiger partial charge in [0, 0.05) is 26.6 Å². The van der Waals surface area contributed by atoms with E-state index >= 15 is 0 Å². The molecule has 64 valence electrons. The van der Waals surface area contributed by atoms with E-state index in [1.54, 1.807) is 0 Å². The Morgan fingerprint density at radius 1 is 1.55 bits per heavy atom. The second-order valence-electron chi connectivity index (χ2n) is 2.98. The van der Waals surface area contributed by atoms with Crippen LogP contribution in [0.25, 0.3) is 0 Å². The lowest BCUT2D eigenvalue weighted by Crippen LogP contribution is -2.45. The fraction of sp³-hybridized carbons (Fsp3) is 0.750. The van der Waals surface area contributed by atoms with Crippen LogP contribution in [0.15, 0.2) is 12.3 Å². The van der Waals surface area contributed by atoms with Crippen molar-refractivity contribution < 1.29 is 5.11 Å². The molecule has 0 spiro atoms. The van der Waals surface area contributed by atoms with E-state index in [-0.39, 0.29) is 6.61 Å². The van der Waals surface area contributed by atoms with Gasteiger partial charge in [-0.25, -0.2) is 0 Å². The quantitative estimate of drug-likeness (QED) is 0.613. The van der Waals surface area contributed by atoms with Crippen LogP contribution < -0.4 is 0 Å². The van der Waals surface area contributed by atoms with Crippen molar-refractivity contribution >= 4 is 0 Å². The van der Waals surface area contributed by atoms with E-state index < -0.39 is 0 Å². The van der Waals surface area contributed by atoms with Crippen LogP contribution in [0.4, 0.5) is 0 Å². The molecule has 1 aliphatic heterocycles. The number of nitrogens with zero attached hydrogens (tertiary/aromatic N) is 2. The van der Waals surface area contributed by atoms with Gasteiger partial charge in [-0.3, -0.25) is 4.90 Å². The Bertz CT molecular complexity index is 147. The van der Waals surface area contributed by atoms with Gasteiger partial charge in [0.2, 0.25) is 0 Å². The molecular formula is C8H16N2O. The Balaban J connectivity index is 2.52. The summed E-state index contributed by atoms with van der Waals surface area (Å²) in [4.78, 5) is 4.34. The lowest BCUT2D eigenvalue weighted by atomic mass is 10.2. The molecule has 1 N–H and O–H groups in total. The molecule has 11 heavy (non-hydrogen) atoms. The highest BCUT2D eigenvalue weighted by Crippen LogP contribution is 2.10. The first-order chi connectivity index (χ1) is 5.25. The Morgan fingerprint density at radius 2 is 2.27 bits per heavy atom. The normalized spacial score (nSPS) is 26.1. The van der Waals surface area contributed by atoms with Crippen LogP contribution >= 0.6 is 0 Å². The van der Waals surface area contributed by atoms with Gasteiger partial charge in [-0.1, -0.05) is 6.08 Å². The molecule has 1 atom stereocenters. The van der Waals surface area contributed by atoms with E-state index in [0.29, 0.717) is 6.17 Å². The Morgan fingerprint density at radius 3 is 2.82 bits per heavy atom. The molecule has 1 unspecified atom stereocenters. The number of rotatable bonds is 2. The minimum Gasteiger partial charge on any atom is -0.396 e. The zero-order chi connectivity index (χ0) is 8.27. The van der Waals surface area contributed by atoms with E-state index in [9.17, 15) is 0 Å². The standard InChI is InChI=1S/C8H16N2O/c1-9-5-3-6-10(2)8(9)4-7-11/h3,5,8,11H,4,6-7H2,1-2H3. The third-order valence-corrected chi connectivity index (χ3v) is 2.10. The number of likely N-dealkylation sites (N-methyl/N-ethyl adjacent to an activating group) is 1. The molecule has 0 bridgehead atoms. The minimum atomic E-state index is 0.257. The van der Waals surface area contributed by atoms with E-state index in [1.165, 1.54) is 0 Å². The van der Waals surface area contributed by atoms with Crippen molar-refractivity contribution in [3.05, 3.63) is 12.3 Å². The van der Waals surface area contributed by atoms with Gasteiger partial charge in [-0.15, -0.1) is 0 Å². The SMILES string of the molecule is CN1C=CCN(C)C1CCO. The highest BCUT2D eigenvalue weighted by atomic mass is 16.3. The summed E-state index contributed by atoms with van der Waals surface area (Å²) >= 11 is 0. The minimum absolute atomic E-state index is 0.257. The first kappa shape index (κ1) is 8.56. The highest BCUT2D eigenvalue weighted by molar-refractivity contribution is 4.92. The summed E-state index contributed by atoms with van der Waals surface area (Å²) in [6.45, 7) is 1.24. The van der Waals surface area contributed by atoms with Crippen molar-refractivity contribution in [3.8, 4) is 0 Å². The number of aliphatic hydroxyl groups excluding tert-OH is 1. The molecule has 0 saturated carbocycles. The monoisotopic (exact) mass is 156 g/mol. The lowest BCUT2D eigenvalue weighted by Gasteiger charge is -2.37. The average molecular weight is 156 g/mol. The molecule has 0 aliphatic carbocycles. The van der Waals surface area contributed by atoms with Crippen LogP contribution in [-0.2, 0) is 0 Å². The molecular weight excluding hydrogens is 140 g/mol. The third-order valence-electron chi connectivity index (χ3n) is 2.10. The molecule has 0 aromatic carbocycles. The molecule has 3 nitrogen and oxygen atoms in total. The highest BCUT2D eigenvalue weighted by Gasteiger charge is 2.18. The van der Waals surface area contributed by atoms with Crippen LogP contribution in [0.3, 0.4) is 0 Å². The summed E-state index contributed by atoms with van der Waals surface area (Å²) in [7, 11) is 4.10. The number of hydrogen-bond donors (Lipinski definition) is 1. The Hall–Kier alpha value is -0.540. The summed E-state index contributed by atoms with van der Waals surface area (Å²) in [5.74, 6) is 0. The van der Waals surface area contributed by atoms with E-state index in [1.807, 2.05) is 7.05 Å². The summed E-state index contributed by atoms with van der Waals surface area (Å²) in [5.41, 5.74) is 0. The average Bonchev–Trinajstić information content (AvgIpc) is 1.97. The van der Waals surface area contributed by atoms with Crippen LogP contribution in [0, 0.1) is 0 Å². The first-order valence-electron chi connectivity index (χ1n) is 3.95. The van der Waals surface area contributed by atoms with E-state index in [2.05, 4.69) is 29.1 Å². The largest absolute Gasteiger partial charge is 0.396 e. The molecule has 0 amide bonds. The maximum Gasteiger partial charge on any atom is 0.0834 e. The summed E-state index contributed by atoms with van der Waals surface area (Å²) in [6, 6.07) is 0. The Labute approximate surface area is 67.9 Å². The molecule has 0 aromatic rings. The molecule has 0 fully saturated rings. The second kappa shape index (κ2) is 3.74. The van der Waals surface area contributed by atoms with Gasteiger partial charge in [-0.2, -0.15) is 0 Å². The van der Waals surface area contributed by atoms with Gasteiger partial charge >= 0.3 is 0 Å². The van der Waals surface area contributed by atoms with Gasteiger partial charge < -0.3 is 10.0 Å². The Kier molecular flexibility index (Phi) is 2.91. The molecule has 0 radical (unpaired) electrons. The summed E-state index contributed by atoms with van der Waals surface area (Å²) in [5, 5.41) is 8.78. The molecule has 1 heterocycles. The third kappa shape index (κ3) is 1.94. The topological polar surface area (TPSA) is 26.7 Å². The zero-order valence-corrected chi connectivity index (χ0v) is 7.20. The fourth-order valence-corrected chi connectivity index (χ4v) is 1.45. The van der Waals surface area contributed by atoms with Crippen molar-refractivity contribution in [2.24, 2.45) is 0 Å². The number of aliphatic hydroxyl groups is 1. The van der Waals surface area contributed by atoms with Gasteiger partial charge in [0.15, 0.2) is 0 Å². The van der Waals surface area contributed by atoms with Crippen LogP contribution in [-0.4, -0.2) is 48.3 Å². The predicted octanol–water partition coefficient (Wildman–Crippen LogP) is 0.0858.